The van der Waals surface area contributed by atoms with E-state index in [1.165, 1.54) is 0 Å². The number of carbonyl (C=O) groups is 5. The first-order valence-corrected chi connectivity index (χ1v) is 25.2. The lowest BCUT2D eigenvalue weighted by Gasteiger charge is -2.31. The molecular formula is C50H74N16O5. The Morgan fingerprint density at radius 2 is 1.62 bits per heavy atom. The Kier molecular flexibility index (Phi) is 22.1. The number of imidazole rings is 1. The summed E-state index contributed by atoms with van der Waals surface area (Å²) in [4.78, 5) is 83.8. The van der Waals surface area contributed by atoms with E-state index in [0.29, 0.717) is 82.3 Å². The van der Waals surface area contributed by atoms with Crippen molar-refractivity contribution in [3.05, 3.63) is 76.4 Å². The SMILES string of the molecule is CCCCc1nc2c(NNC(=O)CC3CCCN3C(=O)C(CCCNC(=N)N)NC(=O)C(CC(C)C)NC(=O)C(CCCCN)NC(=O)CCCCN=[N+]=[N-])nc3ccccc3c2n1Cc1ccccc1. The molecule has 384 valence electrons. The lowest BCUT2D eigenvalue weighted by Crippen LogP contribution is -2.57. The molecule has 21 heteroatoms. The topological polar surface area (TPSA) is 316 Å². The number of anilines is 1. The van der Waals surface area contributed by atoms with E-state index < -0.39 is 36.0 Å². The molecule has 3 heterocycles. The molecule has 11 N–H and O–H groups in total. The van der Waals surface area contributed by atoms with Crippen LogP contribution in [0.1, 0.15) is 122 Å². The van der Waals surface area contributed by atoms with Crippen LogP contribution in [0.15, 0.2) is 59.7 Å². The Morgan fingerprint density at radius 3 is 2.35 bits per heavy atom. The van der Waals surface area contributed by atoms with Gasteiger partial charge in [0.1, 0.15) is 29.5 Å². The van der Waals surface area contributed by atoms with Crippen LogP contribution in [0, 0.1) is 11.3 Å². The van der Waals surface area contributed by atoms with E-state index in [1.54, 1.807) is 4.90 Å². The Labute approximate surface area is 415 Å². The second-order valence-electron chi connectivity index (χ2n) is 18.6. The van der Waals surface area contributed by atoms with E-state index in [-0.39, 0.29) is 68.4 Å². The zero-order valence-electron chi connectivity index (χ0n) is 41.6. The largest absolute Gasteiger partial charge is 0.370 e. The molecule has 1 aliphatic heterocycles. The number of hydrogen-bond donors (Lipinski definition) is 9. The summed E-state index contributed by atoms with van der Waals surface area (Å²) >= 11 is 0. The molecule has 0 spiro atoms. The maximum absolute atomic E-state index is 14.6. The van der Waals surface area contributed by atoms with Crippen molar-refractivity contribution in [2.24, 2.45) is 22.5 Å². The number of nitrogens with zero attached hydrogens (tertiary/aromatic N) is 7. The molecule has 0 saturated carbocycles. The summed E-state index contributed by atoms with van der Waals surface area (Å²) in [6.07, 6.45) is 7.31. The number of carbonyl (C=O) groups excluding carboxylic acids is 5. The summed E-state index contributed by atoms with van der Waals surface area (Å²) in [5.74, 6) is -1.10. The Bertz CT molecular complexity index is 2460. The standard InChI is InChI=1S/C50H74N16O5/c1-4-5-24-41-61-44-45(66(41)32-34-17-7-6-8-18-34)36-20-9-10-21-37(36)58-46(44)63-62-43(68)31-35-19-16-29-65(35)49(71)39(23-15-27-55-50(52)53)59-48(70)40(30-33(2)3)60-47(69)38(22-11-13-26-51)57-42(67)25-12-14-28-56-64-54/h6-10,17-18,20-21,33,35,38-40H,4-5,11-16,19,22-32,51H2,1-3H3,(H,57,67)(H,58,63)(H,59,70)(H,60,69)(H,62,68)(H4,52,53,55). The van der Waals surface area contributed by atoms with Crippen molar-refractivity contribution < 1.29 is 24.0 Å². The van der Waals surface area contributed by atoms with Crippen LogP contribution in [-0.2, 0) is 36.9 Å². The van der Waals surface area contributed by atoms with E-state index >= 15 is 0 Å². The summed E-state index contributed by atoms with van der Waals surface area (Å²) in [5, 5.41) is 23.4. The monoisotopic (exact) mass is 979 g/mol. The maximum atomic E-state index is 14.6. The first-order valence-electron chi connectivity index (χ1n) is 25.2. The van der Waals surface area contributed by atoms with Gasteiger partial charge in [0, 0.05) is 61.8 Å². The lowest BCUT2D eigenvalue weighted by molar-refractivity contribution is -0.139. The van der Waals surface area contributed by atoms with Gasteiger partial charge in [-0.05, 0) is 100 Å². The molecule has 4 unspecified atom stereocenters. The van der Waals surface area contributed by atoms with Crippen LogP contribution in [-0.4, -0.2) is 105 Å². The molecule has 1 saturated heterocycles. The first-order chi connectivity index (χ1) is 34.3. The lowest BCUT2D eigenvalue weighted by atomic mass is 10.0. The summed E-state index contributed by atoms with van der Waals surface area (Å²) in [7, 11) is 0. The Balaban J connectivity index is 1.31. The minimum Gasteiger partial charge on any atom is -0.370 e. The maximum Gasteiger partial charge on any atom is 0.245 e. The molecule has 0 aliphatic carbocycles. The fourth-order valence-electron chi connectivity index (χ4n) is 8.94. The molecule has 4 aromatic rings. The van der Waals surface area contributed by atoms with Crippen molar-refractivity contribution >= 4 is 63.2 Å². The molecule has 5 amide bonds. The number of hydrazine groups is 1. The van der Waals surface area contributed by atoms with Crippen LogP contribution in [0.2, 0.25) is 0 Å². The number of azide groups is 1. The molecule has 0 radical (unpaired) electrons. The molecule has 1 aliphatic rings. The number of nitrogens with one attached hydrogen (secondary N) is 7. The summed E-state index contributed by atoms with van der Waals surface area (Å²) in [6, 6.07) is 14.6. The number of para-hydroxylation sites is 1. The number of aryl methyl sites for hydroxylation is 1. The third-order valence-corrected chi connectivity index (χ3v) is 12.5. The molecule has 0 bridgehead atoms. The number of aromatic nitrogens is 3. The number of fused-ring (bicyclic) bond motifs is 3. The van der Waals surface area contributed by atoms with Gasteiger partial charge in [-0.15, -0.1) is 0 Å². The molecular weight excluding hydrogens is 905 g/mol. The van der Waals surface area contributed by atoms with Crippen molar-refractivity contribution in [3.63, 3.8) is 0 Å². The summed E-state index contributed by atoms with van der Waals surface area (Å²) in [6.45, 7) is 7.90. The van der Waals surface area contributed by atoms with Crippen LogP contribution in [0.5, 0.6) is 0 Å². The number of rotatable bonds is 30. The average molecular weight is 979 g/mol. The highest BCUT2D eigenvalue weighted by atomic mass is 16.2. The quantitative estimate of drug-likeness (QED) is 0.00624. The second kappa shape index (κ2) is 28.6. The number of likely N-dealkylation sites (tertiary alicyclic amines) is 1. The van der Waals surface area contributed by atoms with Crippen LogP contribution >= 0.6 is 0 Å². The summed E-state index contributed by atoms with van der Waals surface area (Å²) < 4.78 is 2.24. The Morgan fingerprint density at radius 1 is 0.887 bits per heavy atom. The van der Waals surface area contributed by atoms with Crippen molar-refractivity contribution in [3.8, 4) is 0 Å². The van der Waals surface area contributed by atoms with E-state index in [0.717, 1.165) is 47.1 Å². The van der Waals surface area contributed by atoms with Gasteiger partial charge < -0.3 is 42.2 Å². The molecule has 4 atom stereocenters. The zero-order chi connectivity index (χ0) is 51.1. The van der Waals surface area contributed by atoms with Gasteiger partial charge in [-0.3, -0.25) is 40.2 Å². The van der Waals surface area contributed by atoms with E-state index in [2.05, 4.69) is 65.8 Å². The first kappa shape index (κ1) is 54.9. The average Bonchev–Trinajstić information content (AvgIpc) is 3.97. The fourth-order valence-corrected chi connectivity index (χ4v) is 8.94. The van der Waals surface area contributed by atoms with E-state index in [9.17, 15) is 24.0 Å². The van der Waals surface area contributed by atoms with Crippen molar-refractivity contribution in [2.75, 3.05) is 31.6 Å². The molecule has 5 rings (SSSR count). The van der Waals surface area contributed by atoms with Gasteiger partial charge in [0.05, 0.1) is 11.0 Å². The minimum absolute atomic E-state index is 0.0245. The number of benzene rings is 2. The molecule has 21 nitrogen and oxygen atoms in total. The number of unbranched alkanes of at least 4 members (excludes halogenated alkanes) is 3. The number of amides is 5. The van der Waals surface area contributed by atoms with Gasteiger partial charge in [-0.1, -0.05) is 80.8 Å². The van der Waals surface area contributed by atoms with E-state index in [4.69, 9.17) is 32.4 Å². The normalized spacial score (nSPS) is 14.6. The van der Waals surface area contributed by atoms with Crippen molar-refractivity contribution in [1.82, 2.24) is 46.1 Å². The highest BCUT2D eigenvalue weighted by Gasteiger charge is 2.37. The van der Waals surface area contributed by atoms with Gasteiger partial charge >= 0.3 is 0 Å². The third kappa shape index (κ3) is 16.8. The van der Waals surface area contributed by atoms with Crippen LogP contribution in [0.25, 0.3) is 32.4 Å². The fraction of sp³-hybridized carbons (Fsp3) is 0.560. The predicted octanol–water partition coefficient (Wildman–Crippen LogP) is 5.17. The van der Waals surface area contributed by atoms with E-state index in [1.807, 2.05) is 56.3 Å². The third-order valence-electron chi connectivity index (χ3n) is 12.5. The van der Waals surface area contributed by atoms with Gasteiger partial charge in [-0.25, -0.2) is 9.97 Å². The molecule has 2 aromatic heterocycles. The number of guanidine groups is 1. The number of hydrogen-bond acceptors (Lipinski definition) is 11. The predicted molar refractivity (Wildman–Crippen MR) is 275 cm³/mol. The highest BCUT2D eigenvalue weighted by Crippen LogP contribution is 2.31. The van der Waals surface area contributed by atoms with Gasteiger partial charge in [0.25, 0.3) is 0 Å². The van der Waals surface area contributed by atoms with Gasteiger partial charge in [0.2, 0.25) is 29.5 Å². The highest BCUT2D eigenvalue weighted by molar-refractivity contribution is 6.07. The zero-order valence-corrected chi connectivity index (χ0v) is 41.6. The summed E-state index contributed by atoms with van der Waals surface area (Å²) in [5.41, 5.74) is 29.2. The molecule has 2 aromatic carbocycles. The van der Waals surface area contributed by atoms with Crippen molar-refractivity contribution in [1.29, 1.82) is 5.41 Å². The van der Waals surface area contributed by atoms with Crippen molar-refractivity contribution in [2.45, 2.75) is 148 Å². The van der Waals surface area contributed by atoms with Crippen LogP contribution in [0.4, 0.5) is 5.82 Å². The Hall–Kier alpha value is -6.99. The van der Waals surface area contributed by atoms with Crippen LogP contribution in [0.3, 0.4) is 0 Å². The smallest absolute Gasteiger partial charge is 0.245 e. The molecule has 71 heavy (non-hydrogen) atoms. The van der Waals surface area contributed by atoms with Gasteiger partial charge in [0.15, 0.2) is 11.8 Å². The number of nitrogens with two attached hydrogens (primary N) is 2. The number of pyridine rings is 1. The van der Waals surface area contributed by atoms with Crippen LogP contribution < -0.4 is 43.6 Å². The van der Waals surface area contributed by atoms with Gasteiger partial charge in [-0.2, -0.15) is 0 Å². The minimum atomic E-state index is -1.04. The molecule has 1 fully saturated rings. The second-order valence-corrected chi connectivity index (χ2v) is 18.6.